The molecule has 0 bridgehead atoms. The van der Waals surface area contributed by atoms with Gasteiger partial charge < -0.3 is 10.2 Å². The minimum absolute atomic E-state index is 0.113. The fourth-order valence-corrected chi connectivity index (χ4v) is 5.25. The molecule has 11 heteroatoms. The highest BCUT2D eigenvalue weighted by Crippen LogP contribution is 2.26. The highest BCUT2D eigenvalue weighted by atomic mass is 35.5. The Balaban J connectivity index is 2.08. The lowest BCUT2D eigenvalue weighted by atomic mass is 10.0. The maximum Gasteiger partial charge on any atom is 0.244 e. The minimum Gasteiger partial charge on any atom is -0.355 e. The Labute approximate surface area is 232 Å². The fraction of sp³-hybridized carbons (Fsp3) is 0.259. The van der Waals surface area contributed by atoms with Gasteiger partial charge in [0.1, 0.15) is 18.4 Å². The van der Waals surface area contributed by atoms with E-state index in [0.29, 0.717) is 21.4 Å². The highest BCUT2D eigenvalue weighted by Gasteiger charge is 2.33. The average Bonchev–Trinajstić information content (AvgIpc) is 2.86. The molecule has 0 aromatic heterocycles. The van der Waals surface area contributed by atoms with Crippen LogP contribution in [0.5, 0.6) is 0 Å². The molecule has 0 heterocycles. The molecule has 1 unspecified atom stereocenters. The zero-order chi connectivity index (χ0) is 27.9. The van der Waals surface area contributed by atoms with Gasteiger partial charge in [-0.25, -0.2) is 12.8 Å². The molecule has 0 radical (unpaired) electrons. The van der Waals surface area contributed by atoms with E-state index < -0.39 is 40.2 Å². The van der Waals surface area contributed by atoms with Crippen LogP contribution in [0.4, 0.5) is 10.1 Å². The predicted molar refractivity (Wildman–Crippen MR) is 148 cm³/mol. The standard InChI is InChI=1S/C27H28Cl2FN3O4S/c1-3-31-27(35)25(15-19-9-5-4-6-10-19)32(17-20-13-14-21(28)16-22(20)29)26(34)18-33(38(2,36)37)24-12-8-7-11-23(24)30/h4-14,16,25H,3,15,17-18H2,1-2H3,(H,31,35). The van der Waals surface area contributed by atoms with Gasteiger partial charge >= 0.3 is 0 Å². The smallest absolute Gasteiger partial charge is 0.244 e. The van der Waals surface area contributed by atoms with Gasteiger partial charge in [0.05, 0.1) is 11.9 Å². The summed E-state index contributed by atoms with van der Waals surface area (Å²) in [6, 6.07) is 18.1. The minimum atomic E-state index is -4.07. The summed E-state index contributed by atoms with van der Waals surface area (Å²) in [5.41, 5.74) is 1.02. The van der Waals surface area contributed by atoms with Crippen molar-refractivity contribution in [3.8, 4) is 0 Å². The van der Waals surface area contributed by atoms with Crippen LogP contribution >= 0.6 is 23.2 Å². The molecular formula is C27H28Cl2FN3O4S. The largest absolute Gasteiger partial charge is 0.355 e. The lowest BCUT2D eigenvalue weighted by molar-refractivity contribution is -0.140. The van der Waals surface area contributed by atoms with Gasteiger partial charge in [0, 0.05) is 29.6 Å². The summed E-state index contributed by atoms with van der Waals surface area (Å²) in [5.74, 6) is -1.94. The van der Waals surface area contributed by atoms with Crippen LogP contribution in [-0.2, 0) is 32.6 Å². The molecule has 0 aliphatic rings. The van der Waals surface area contributed by atoms with E-state index in [1.54, 1.807) is 19.1 Å². The number of carbonyl (C=O) groups is 2. The molecule has 3 rings (SSSR count). The Morgan fingerprint density at radius 2 is 1.66 bits per heavy atom. The van der Waals surface area contributed by atoms with Crippen molar-refractivity contribution >= 4 is 50.7 Å². The molecule has 2 amide bonds. The number of nitrogens with zero attached hydrogens (tertiary/aromatic N) is 2. The van der Waals surface area contributed by atoms with Crippen LogP contribution in [0.1, 0.15) is 18.1 Å². The first-order chi connectivity index (χ1) is 18.0. The molecule has 3 aromatic carbocycles. The van der Waals surface area contributed by atoms with E-state index >= 15 is 0 Å². The SMILES string of the molecule is CCNC(=O)C(Cc1ccccc1)N(Cc1ccc(Cl)cc1Cl)C(=O)CN(c1ccccc1F)S(C)(=O)=O. The molecule has 38 heavy (non-hydrogen) atoms. The van der Waals surface area contributed by atoms with Crippen molar-refractivity contribution in [2.24, 2.45) is 0 Å². The van der Waals surface area contributed by atoms with Crippen molar-refractivity contribution in [2.45, 2.75) is 25.9 Å². The highest BCUT2D eigenvalue weighted by molar-refractivity contribution is 7.92. The number of hydrogen-bond acceptors (Lipinski definition) is 4. The number of anilines is 1. The van der Waals surface area contributed by atoms with Crippen LogP contribution in [0.25, 0.3) is 0 Å². The van der Waals surface area contributed by atoms with E-state index in [-0.39, 0.29) is 23.7 Å². The molecule has 0 saturated heterocycles. The van der Waals surface area contributed by atoms with Crippen LogP contribution < -0.4 is 9.62 Å². The molecule has 1 N–H and O–H groups in total. The van der Waals surface area contributed by atoms with Crippen LogP contribution in [0.3, 0.4) is 0 Å². The monoisotopic (exact) mass is 579 g/mol. The molecule has 0 aliphatic heterocycles. The van der Waals surface area contributed by atoms with Crippen LogP contribution in [0.15, 0.2) is 72.8 Å². The first-order valence-corrected chi connectivity index (χ1v) is 14.4. The van der Waals surface area contributed by atoms with Crippen molar-refractivity contribution in [1.29, 1.82) is 0 Å². The Bertz CT molecular complexity index is 1390. The molecule has 0 aliphatic carbocycles. The van der Waals surface area contributed by atoms with Gasteiger partial charge in [-0.2, -0.15) is 0 Å². The fourth-order valence-electron chi connectivity index (χ4n) is 3.93. The van der Waals surface area contributed by atoms with Gasteiger partial charge in [0.2, 0.25) is 21.8 Å². The van der Waals surface area contributed by atoms with Gasteiger partial charge in [-0.3, -0.25) is 13.9 Å². The van der Waals surface area contributed by atoms with Crippen molar-refractivity contribution in [3.63, 3.8) is 0 Å². The van der Waals surface area contributed by atoms with Crippen molar-refractivity contribution in [3.05, 3.63) is 99.8 Å². The summed E-state index contributed by atoms with van der Waals surface area (Å²) < 4.78 is 40.6. The predicted octanol–water partition coefficient (Wildman–Crippen LogP) is 4.67. The topological polar surface area (TPSA) is 86.8 Å². The van der Waals surface area contributed by atoms with Crippen molar-refractivity contribution in [2.75, 3.05) is 23.7 Å². The number of nitrogens with one attached hydrogen (secondary N) is 1. The second-order valence-electron chi connectivity index (χ2n) is 8.58. The normalized spacial score (nSPS) is 12.0. The average molecular weight is 581 g/mol. The molecule has 1 atom stereocenters. The van der Waals surface area contributed by atoms with Crippen molar-refractivity contribution < 1.29 is 22.4 Å². The van der Waals surface area contributed by atoms with Gasteiger partial charge in [0.15, 0.2) is 0 Å². The molecule has 202 valence electrons. The first-order valence-electron chi connectivity index (χ1n) is 11.8. The summed E-state index contributed by atoms with van der Waals surface area (Å²) in [6.07, 6.45) is 1.04. The summed E-state index contributed by atoms with van der Waals surface area (Å²) in [4.78, 5) is 28.4. The maximum atomic E-state index is 14.6. The number of likely N-dealkylation sites (N-methyl/N-ethyl adjacent to an activating group) is 1. The number of sulfonamides is 1. The Hall–Kier alpha value is -3.14. The van der Waals surface area contributed by atoms with Crippen LogP contribution in [0.2, 0.25) is 10.0 Å². The lowest BCUT2D eigenvalue weighted by Gasteiger charge is -2.33. The van der Waals surface area contributed by atoms with E-state index in [9.17, 15) is 22.4 Å². The van der Waals surface area contributed by atoms with E-state index in [1.165, 1.54) is 29.2 Å². The number of amides is 2. The number of hydrogen-bond donors (Lipinski definition) is 1. The zero-order valence-electron chi connectivity index (χ0n) is 20.9. The van der Waals surface area contributed by atoms with E-state index in [1.807, 2.05) is 30.3 Å². The first kappa shape index (κ1) is 29.4. The number of rotatable bonds is 11. The lowest BCUT2D eigenvalue weighted by Crippen LogP contribution is -2.53. The third-order valence-electron chi connectivity index (χ3n) is 5.78. The Morgan fingerprint density at radius 1 is 1.00 bits per heavy atom. The molecule has 3 aromatic rings. The number of para-hydroxylation sites is 1. The Kier molecular flexibility index (Phi) is 10.1. The number of benzene rings is 3. The summed E-state index contributed by atoms with van der Waals surface area (Å²) in [5, 5.41) is 3.43. The molecule has 0 fully saturated rings. The van der Waals surface area contributed by atoms with Gasteiger partial charge in [-0.15, -0.1) is 0 Å². The van der Waals surface area contributed by atoms with Crippen molar-refractivity contribution in [1.82, 2.24) is 10.2 Å². The maximum absolute atomic E-state index is 14.6. The molecule has 0 saturated carbocycles. The summed E-state index contributed by atoms with van der Waals surface area (Å²) >= 11 is 12.4. The summed E-state index contributed by atoms with van der Waals surface area (Å²) in [7, 11) is -4.07. The zero-order valence-corrected chi connectivity index (χ0v) is 23.2. The molecular weight excluding hydrogens is 552 g/mol. The van der Waals surface area contributed by atoms with Crippen LogP contribution in [0, 0.1) is 5.82 Å². The second kappa shape index (κ2) is 13.1. The van der Waals surface area contributed by atoms with Gasteiger partial charge in [-0.05, 0) is 42.3 Å². The number of carbonyl (C=O) groups excluding carboxylic acids is 2. The van der Waals surface area contributed by atoms with E-state index in [2.05, 4.69) is 5.32 Å². The quantitative estimate of drug-likeness (QED) is 0.357. The van der Waals surface area contributed by atoms with E-state index in [0.717, 1.165) is 17.9 Å². The van der Waals surface area contributed by atoms with Gasteiger partial charge in [0.25, 0.3) is 0 Å². The van der Waals surface area contributed by atoms with Gasteiger partial charge in [-0.1, -0.05) is 71.7 Å². The third kappa shape index (κ3) is 7.69. The second-order valence-corrected chi connectivity index (χ2v) is 11.3. The number of halogens is 3. The molecule has 7 nitrogen and oxygen atoms in total. The van der Waals surface area contributed by atoms with E-state index in [4.69, 9.17) is 23.2 Å². The third-order valence-corrected chi connectivity index (χ3v) is 7.49. The van der Waals surface area contributed by atoms with Crippen LogP contribution in [-0.4, -0.2) is 50.5 Å². The summed E-state index contributed by atoms with van der Waals surface area (Å²) in [6.45, 7) is 1.23. The Morgan fingerprint density at radius 3 is 2.26 bits per heavy atom. The molecule has 0 spiro atoms.